The Morgan fingerprint density at radius 2 is 1.74 bits per heavy atom. The molecule has 3 rings (SSSR count). The molecule has 1 aliphatic rings. The summed E-state index contributed by atoms with van der Waals surface area (Å²) in [5.41, 5.74) is -1.51. The molecule has 0 radical (unpaired) electrons. The van der Waals surface area contributed by atoms with Gasteiger partial charge >= 0.3 is 5.97 Å². The van der Waals surface area contributed by atoms with E-state index in [4.69, 9.17) is 4.74 Å². The van der Waals surface area contributed by atoms with E-state index in [0.29, 0.717) is 11.1 Å². The maximum atomic E-state index is 13.6. The number of rotatable bonds is 8. The number of nitro benzene ring substituents is 1. The molecule has 0 spiro atoms. The summed E-state index contributed by atoms with van der Waals surface area (Å²) < 4.78 is 34.5. The van der Waals surface area contributed by atoms with Crippen LogP contribution in [0.3, 0.4) is 0 Å². The summed E-state index contributed by atoms with van der Waals surface area (Å²) in [5, 5.41) is 10.9. The van der Waals surface area contributed by atoms with Crippen LogP contribution >= 0.6 is 0 Å². The van der Waals surface area contributed by atoms with Gasteiger partial charge in [-0.3, -0.25) is 19.7 Å². The van der Waals surface area contributed by atoms with Crippen molar-refractivity contribution in [1.29, 1.82) is 0 Å². The van der Waals surface area contributed by atoms with Crippen molar-refractivity contribution in [2.24, 2.45) is 11.3 Å². The van der Waals surface area contributed by atoms with Gasteiger partial charge in [0.25, 0.3) is 5.69 Å². The number of ketones is 1. The average Bonchev–Trinajstić information content (AvgIpc) is 3.05. The quantitative estimate of drug-likeness (QED) is 0.249. The largest absolute Gasteiger partial charge is 0.459 e. The van der Waals surface area contributed by atoms with Crippen LogP contribution in [0.2, 0.25) is 0 Å². The van der Waals surface area contributed by atoms with E-state index in [1.807, 2.05) is 0 Å². The van der Waals surface area contributed by atoms with Gasteiger partial charge in [-0.2, -0.15) is 0 Å². The molecule has 10 heteroatoms. The third kappa shape index (κ3) is 5.59. The SMILES string of the molecule is CC(C)[C@@H](C[C@@]1(C(=O)OC(C)(C)C)Cc2ccccc2C1=O)NS(=O)(=O)c1ccc([N+](=O)[O-])cc1. The molecule has 0 amide bonds. The van der Waals surface area contributed by atoms with Gasteiger partial charge in [0, 0.05) is 23.7 Å². The number of Topliss-reactive ketones (excluding diaryl/α,β-unsaturated/α-hetero) is 1. The first-order chi connectivity index (χ1) is 16.2. The fourth-order valence-corrected chi connectivity index (χ4v) is 5.54. The lowest BCUT2D eigenvalue weighted by molar-refractivity contribution is -0.384. The molecule has 0 bridgehead atoms. The van der Waals surface area contributed by atoms with Gasteiger partial charge in [0.05, 0.1) is 9.82 Å². The number of carbonyl (C=O) groups is 2. The predicted molar refractivity (Wildman–Crippen MR) is 129 cm³/mol. The zero-order valence-electron chi connectivity index (χ0n) is 20.4. The molecule has 2 atom stereocenters. The molecule has 2 aromatic carbocycles. The molecule has 0 saturated heterocycles. The molecule has 1 aliphatic carbocycles. The Balaban J connectivity index is 1.97. The summed E-state index contributed by atoms with van der Waals surface area (Å²) in [7, 11) is -4.10. The maximum Gasteiger partial charge on any atom is 0.320 e. The number of sulfonamides is 1. The molecule has 0 aromatic heterocycles. The number of hydrogen-bond donors (Lipinski definition) is 1. The standard InChI is InChI=1S/C25H30N2O7S/c1-16(2)21(26-35(32,33)19-12-10-18(11-13-19)27(30)31)15-25(23(29)34-24(3,4)5)14-17-8-6-7-9-20(17)22(25)28/h6-13,16,21,26H,14-15H2,1-5H3/t21-,25+/m1/s1. The molecule has 2 aromatic rings. The van der Waals surface area contributed by atoms with E-state index in [-0.39, 0.29) is 35.1 Å². The number of ether oxygens (including phenoxy) is 1. The van der Waals surface area contributed by atoms with Crippen LogP contribution in [0.25, 0.3) is 0 Å². The fraction of sp³-hybridized carbons (Fsp3) is 0.440. The van der Waals surface area contributed by atoms with E-state index >= 15 is 0 Å². The van der Waals surface area contributed by atoms with Crippen molar-refractivity contribution in [3.63, 3.8) is 0 Å². The van der Waals surface area contributed by atoms with Crippen molar-refractivity contribution in [3.05, 3.63) is 69.8 Å². The second kappa shape index (κ2) is 9.50. The normalized spacial score (nSPS) is 18.9. The lowest BCUT2D eigenvalue weighted by atomic mass is 9.75. The van der Waals surface area contributed by atoms with Gasteiger partial charge in [0.1, 0.15) is 11.0 Å². The van der Waals surface area contributed by atoms with Crippen molar-refractivity contribution in [1.82, 2.24) is 4.72 Å². The van der Waals surface area contributed by atoms with Gasteiger partial charge in [-0.05, 0) is 57.2 Å². The van der Waals surface area contributed by atoms with Gasteiger partial charge in [-0.1, -0.05) is 38.1 Å². The molecule has 0 saturated carbocycles. The van der Waals surface area contributed by atoms with E-state index < -0.39 is 38.0 Å². The second-order valence-corrected chi connectivity index (χ2v) is 11.9. The Morgan fingerprint density at radius 3 is 2.26 bits per heavy atom. The highest BCUT2D eigenvalue weighted by atomic mass is 32.2. The summed E-state index contributed by atoms with van der Waals surface area (Å²) in [6, 6.07) is 10.7. The number of nitrogens with zero attached hydrogens (tertiary/aromatic N) is 1. The first kappa shape index (κ1) is 26.5. The summed E-state index contributed by atoms with van der Waals surface area (Å²) in [5.74, 6) is -1.35. The average molecular weight is 503 g/mol. The summed E-state index contributed by atoms with van der Waals surface area (Å²) in [6.07, 6.45) is 0.0126. The third-order valence-electron chi connectivity index (χ3n) is 6.02. The van der Waals surface area contributed by atoms with Crippen LogP contribution in [0.4, 0.5) is 5.69 Å². The number of hydrogen-bond acceptors (Lipinski definition) is 7. The number of fused-ring (bicyclic) bond motifs is 1. The van der Waals surface area contributed by atoms with Crippen LogP contribution in [0, 0.1) is 21.4 Å². The number of esters is 1. The lowest BCUT2D eigenvalue weighted by Gasteiger charge is -2.34. The van der Waals surface area contributed by atoms with Gasteiger partial charge in [0.2, 0.25) is 10.0 Å². The monoisotopic (exact) mass is 502 g/mol. The Morgan fingerprint density at radius 1 is 1.14 bits per heavy atom. The molecule has 9 nitrogen and oxygen atoms in total. The molecular formula is C25H30N2O7S. The molecule has 35 heavy (non-hydrogen) atoms. The van der Waals surface area contributed by atoms with Crippen molar-refractivity contribution in [3.8, 4) is 0 Å². The predicted octanol–water partition coefficient (Wildman–Crippen LogP) is 4.05. The number of nitro groups is 1. The number of non-ortho nitro benzene ring substituents is 1. The molecule has 1 N–H and O–H groups in total. The lowest BCUT2D eigenvalue weighted by Crippen LogP contribution is -2.49. The van der Waals surface area contributed by atoms with Crippen LogP contribution in [-0.4, -0.2) is 36.7 Å². The van der Waals surface area contributed by atoms with Gasteiger partial charge in [-0.25, -0.2) is 13.1 Å². The summed E-state index contributed by atoms with van der Waals surface area (Å²) >= 11 is 0. The zero-order chi connectivity index (χ0) is 26.2. The zero-order valence-corrected chi connectivity index (χ0v) is 21.2. The van der Waals surface area contributed by atoms with Crippen LogP contribution in [0.1, 0.15) is 57.0 Å². The molecule has 0 aliphatic heterocycles. The van der Waals surface area contributed by atoms with Crippen molar-refractivity contribution in [2.45, 2.75) is 64.0 Å². The Labute approximate surface area is 205 Å². The minimum Gasteiger partial charge on any atom is -0.459 e. The third-order valence-corrected chi connectivity index (χ3v) is 7.52. The Hall–Kier alpha value is -3.11. The number of benzene rings is 2. The minimum atomic E-state index is -4.10. The van der Waals surface area contributed by atoms with Crippen LogP contribution in [0.15, 0.2) is 53.4 Å². The van der Waals surface area contributed by atoms with E-state index in [2.05, 4.69) is 4.72 Å². The van der Waals surface area contributed by atoms with E-state index in [9.17, 15) is 28.1 Å². The van der Waals surface area contributed by atoms with Gasteiger partial charge in [0.15, 0.2) is 5.78 Å². The smallest absolute Gasteiger partial charge is 0.320 e. The number of nitrogens with one attached hydrogen (secondary N) is 1. The molecule has 0 heterocycles. The number of carbonyl (C=O) groups excluding carboxylic acids is 2. The first-order valence-electron chi connectivity index (χ1n) is 11.3. The first-order valence-corrected chi connectivity index (χ1v) is 12.8. The Bertz CT molecular complexity index is 1250. The van der Waals surface area contributed by atoms with E-state index in [1.165, 1.54) is 0 Å². The fourth-order valence-electron chi connectivity index (χ4n) is 4.15. The van der Waals surface area contributed by atoms with Crippen molar-refractivity contribution in [2.75, 3.05) is 0 Å². The van der Waals surface area contributed by atoms with Gasteiger partial charge in [-0.15, -0.1) is 0 Å². The highest BCUT2D eigenvalue weighted by Crippen LogP contribution is 2.43. The van der Waals surface area contributed by atoms with E-state index in [0.717, 1.165) is 24.3 Å². The van der Waals surface area contributed by atoms with Gasteiger partial charge < -0.3 is 4.74 Å². The highest BCUT2D eigenvalue weighted by molar-refractivity contribution is 7.89. The van der Waals surface area contributed by atoms with Crippen molar-refractivity contribution < 1.29 is 27.7 Å². The van der Waals surface area contributed by atoms with Crippen LogP contribution in [-0.2, 0) is 26.0 Å². The molecule has 0 unspecified atom stereocenters. The molecule has 0 fully saturated rings. The maximum absolute atomic E-state index is 13.6. The van der Waals surface area contributed by atoms with E-state index in [1.54, 1.807) is 58.9 Å². The summed E-state index contributed by atoms with van der Waals surface area (Å²) in [4.78, 5) is 37.2. The van der Waals surface area contributed by atoms with Crippen molar-refractivity contribution >= 4 is 27.5 Å². The van der Waals surface area contributed by atoms with Crippen LogP contribution < -0.4 is 4.72 Å². The molecule has 188 valence electrons. The minimum absolute atomic E-state index is 0.0979. The second-order valence-electron chi connectivity index (χ2n) is 10.2. The van der Waals surface area contributed by atoms with Crippen LogP contribution in [0.5, 0.6) is 0 Å². The molecular weight excluding hydrogens is 472 g/mol. The Kier molecular flexibility index (Phi) is 7.19. The highest BCUT2D eigenvalue weighted by Gasteiger charge is 2.54. The topological polar surface area (TPSA) is 133 Å². The summed E-state index contributed by atoms with van der Waals surface area (Å²) in [6.45, 7) is 8.71.